The Balaban J connectivity index is 1.99. The van der Waals surface area contributed by atoms with Crippen LogP contribution in [0.4, 0.5) is 0 Å². The van der Waals surface area contributed by atoms with E-state index in [1.54, 1.807) is 7.11 Å². The highest BCUT2D eigenvalue weighted by Crippen LogP contribution is 2.33. The van der Waals surface area contributed by atoms with E-state index in [9.17, 15) is 13.2 Å². The number of carbonyl (C=O) groups excluding carboxylic acids is 1. The molecule has 8 heteroatoms. The number of nitrogens with zero attached hydrogens (tertiary/aromatic N) is 1. The van der Waals surface area contributed by atoms with Crippen LogP contribution >= 0.6 is 11.6 Å². The lowest BCUT2D eigenvalue weighted by Crippen LogP contribution is -2.35. The summed E-state index contributed by atoms with van der Waals surface area (Å²) >= 11 is 6.30. The molecule has 2 aromatic rings. The summed E-state index contributed by atoms with van der Waals surface area (Å²) in [6.07, 6.45) is 3.79. The predicted molar refractivity (Wildman–Crippen MR) is 113 cm³/mol. The van der Waals surface area contributed by atoms with Gasteiger partial charge in [-0.2, -0.15) is 0 Å². The molecule has 1 fully saturated rings. The first-order valence-electron chi connectivity index (χ1n) is 9.55. The second-order valence-corrected chi connectivity index (χ2v) is 9.28. The average molecular weight is 437 g/mol. The van der Waals surface area contributed by atoms with Crippen molar-refractivity contribution in [1.82, 2.24) is 9.62 Å². The number of benzene rings is 2. The van der Waals surface area contributed by atoms with E-state index >= 15 is 0 Å². The first-order valence-corrected chi connectivity index (χ1v) is 11.4. The Bertz CT molecular complexity index is 977. The van der Waals surface area contributed by atoms with Crippen molar-refractivity contribution < 1.29 is 17.9 Å². The number of halogens is 1. The lowest BCUT2D eigenvalue weighted by Gasteiger charge is -2.31. The Morgan fingerprint density at radius 3 is 2.52 bits per heavy atom. The van der Waals surface area contributed by atoms with Gasteiger partial charge in [0.25, 0.3) is 5.91 Å². The number of hydrogen-bond acceptors (Lipinski definition) is 4. The number of ether oxygens (including phenoxy) is 1. The molecule has 0 bridgehead atoms. The molecule has 1 heterocycles. The largest absolute Gasteiger partial charge is 0.497 e. The summed E-state index contributed by atoms with van der Waals surface area (Å²) in [5.41, 5.74) is 1.22. The number of sulfonamides is 1. The maximum atomic E-state index is 13.4. The number of rotatable bonds is 5. The fourth-order valence-electron chi connectivity index (χ4n) is 3.63. The van der Waals surface area contributed by atoms with E-state index in [4.69, 9.17) is 16.3 Å². The van der Waals surface area contributed by atoms with Crippen LogP contribution in [-0.4, -0.2) is 39.9 Å². The molecule has 156 valence electrons. The number of amides is 1. The summed E-state index contributed by atoms with van der Waals surface area (Å²) in [7, 11) is -0.727. The van der Waals surface area contributed by atoms with Gasteiger partial charge in [0, 0.05) is 6.54 Å². The van der Waals surface area contributed by atoms with Crippen molar-refractivity contribution in [3.8, 4) is 5.75 Å². The molecule has 1 N–H and O–H groups in total. The molecule has 2 aromatic carbocycles. The number of methoxy groups -OCH3 is 1. The zero-order chi connectivity index (χ0) is 21.0. The highest BCUT2D eigenvalue weighted by atomic mass is 35.5. The SMILES string of the molecule is CNS(=O)(=O)c1ccc(Cl)c(C(=O)N2CCCCCC2c2ccc(OC)cc2)c1. The van der Waals surface area contributed by atoms with Gasteiger partial charge < -0.3 is 9.64 Å². The average Bonchev–Trinajstić information content (AvgIpc) is 2.99. The van der Waals surface area contributed by atoms with E-state index in [0.717, 1.165) is 37.0 Å². The van der Waals surface area contributed by atoms with E-state index < -0.39 is 10.0 Å². The first-order chi connectivity index (χ1) is 13.9. The van der Waals surface area contributed by atoms with Crippen molar-refractivity contribution in [1.29, 1.82) is 0 Å². The van der Waals surface area contributed by atoms with Crippen LogP contribution in [0.5, 0.6) is 5.75 Å². The van der Waals surface area contributed by atoms with Gasteiger partial charge in [-0.1, -0.05) is 36.6 Å². The highest BCUT2D eigenvalue weighted by molar-refractivity contribution is 7.89. The number of likely N-dealkylation sites (tertiary alicyclic amines) is 1. The second-order valence-electron chi connectivity index (χ2n) is 6.99. The molecule has 0 spiro atoms. The summed E-state index contributed by atoms with van der Waals surface area (Å²) in [5, 5.41) is 0.239. The van der Waals surface area contributed by atoms with E-state index in [2.05, 4.69) is 4.72 Å². The third-order valence-electron chi connectivity index (χ3n) is 5.26. The summed E-state index contributed by atoms with van der Waals surface area (Å²) < 4.78 is 31.9. The smallest absolute Gasteiger partial charge is 0.255 e. The predicted octanol–water partition coefficient (Wildman–Crippen LogP) is 4.01. The monoisotopic (exact) mass is 436 g/mol. The van der Waals surface area contributed by atoms with Crippen LogP contribution in [0.15, 0.2) is 47.4 Å². The quantitative estimate of drug-likeness (QED) is 0.768. The molecule has 0 saturated carbocycles. The van der Waals surface area contributed by atoms with Gasteiger partial charge in [0.15, 0.2) is 0 Å². The molecular formula is C21H25ClN2O4S. The summed E-state index contributed by atoms with van der Waals surface area (Å²) in [6, 6.07) is 11.8. The molecule has 1 atom stereocenters. The van der Waals surface area contributed by atoms with Crippen LogP contribution in [0.25, 0.3) is 0 Å². The van der Waals surface area contributed by atoms with Crippen molar-refractivity contribution in [3.63, 3.8) is 0 Å². The Morgan fingerprint density at radius 2 is 1.86 bits per heavy atom. The molecule has 1 saturated heterocycles. The second kappa shape index (κ2) is 9.15. The van der Waals surface area contributed by atoms with Crippen LogP contribution in [0.3, 0.4) is 0 Å². The Labute approximate surface area is 176 Å². The van der Waals surface area contributed by atoms with Gasteiger partial charge in [0.05, 0.1) is 28.6 Å². The van der Waals surface area contributed by atoms with Crippen LogP contribution in [0.1, 0.15) is 47.6 Å². The van der Waals surface area contributed by atoms with Gasteiger partial charge >= 0.3 is 0 Å². The highest BCUT2D eigenvalue weighted by Gasteiger charge is 2.29. The third kappa shape index (κ3) is 4.74. The molecule has 3 rings (SSSR count). The summed E-state index contributed by atoms with van der Waals surface area (Å²) in [5.74, 6) is 0.499. The number of hydrogen-bond donors (Lipinski definition) is 1. The van der Waals surface area contributed by atoms with E-state index in [1.165, 1.54) is 25.2 Å². The molecule has 1 aliphatic rings. The minimum Gasteiger partial charge on any atom is -0.497 e. The van der Waals surface area contributed by atoms with Gasteiger partial charge in [-0.3, -0.25) is 4.79 Å². The van der Waals surface area contributed by atoms with E-state index in [-0.39, 0.29) is 27.4 Å². The van der Waals surface area contributed by atoms with Gasteiger partial charge in [-0.05, 0) is 55.8 Å². The summed E-state index contributed by atoms with van der Waals surface area (Å²) in [6.45, 7) is 0.592. The third-order valence-corrected chi connectivity index (χ3v) is 7.00. The lowest BCUT2D eigenvalue weighted by molar-refractivity contribution is 0.0681. The van der Waals surface area contributed by atoms with Gasteiger partial charge in [-0.15, -0.1) is 0 Å². The van der Waals surface area contributed by atoms with Gasteiger partial charge in [-0.25, -0.2) is 13.1 Å². The topological polar surface area (TPSA) is 75.7 Å². The zero-order valence-corrected chi connectivity index (χ0v) is 18.1. The first kappa shape index (κ1) is 21.6. The molecule has 6 nitrogen and oxygen atoms in total. The standard InChI is InChI=1S/C21H25ClN2O4S/c1-23-29(26,27)17-11-12-19(22)18(14-17)21(25)24-13-5-3-4-6-20(24)15-7-9-16(28-2)10-8-15/h7-12,14,20,23H,3-6,13H2,1-2H3. The molecule has 1 aliphatic heterocycles. The molecule has 29 heavy (non-hydrogen) atoms. The Morgan fingerprint density at radius 1 is 1.14 bits per heavy atom. The molecular weight excluding hydrogens is 412 g/mol. The van der Waals surface area contributed by atoms with Crippen LogP contribution in [-0.2, 0) is 10.0 Å². The van der Waals surface area contributed by atoms with Gasteiger partial charge in [0.1, 0.15) is 5.75 Å². The minimum atomic E-state index is -3.68. The van der Waals surface area contributed by atoms with Crippen molar-refractivity contribution in [3.05, 3.63) is 58.6 Å². The molecule has 0 radical (unpaired) electrons. The van der Waals surface area contributed by atoms with Crippen LogP contribution in [0.2, 0.25) is 5.02 Å². The van der Waals surface area contributed by atoms with Gasteiger partial charge in [0.2, 0.25) is 10.0 Å². The van der Waals surface area contributed by atoms with E-state index in [0.29, 0.717) is 6.54 Å². The van der Waals surface area contributed by atoms with Crippen molar-refractivity contribution in [2.45, 2.75) is 36.6 Å². The zero-order valence-electron chi connectivity index (χ0n) is 16.5. The number of carbonyl (C=O) groups is 1. The maximum Gasteiger partial charge on any atom is 0.255 e. The molecule has 1 amide bonds. The Kier molecular flexibility index (Phi) is 6.82. The fraction of sp³-hybridized carbons (Fsp3) is 0.381. The molecule has 0 aromatic heterocycles. The summed E-state index contributed by atoms with van der Waals surface area (Å²) in [4.78, 5) is 15.3. The van der Waals surface area contributed by atoms with Crippen LogP contribution < -0.4 is 9.46 Å². The van der Waals surface area contributed by atoms with E-state index in [1.807, 2.05) is 29.2 Å². The Hall–Kier alpha value is -2.09. The lowest BCUT2D eigenvalue weighted by atomic mass is 10.00. The van der Waals surface area contributed by atoms with Crippen LogP contribution in [0, 0.1) is 0 Å². The van der Waals surface area contributed by atoms with Crippen molar-refractivity contribution in [2.24, 2.45) is 0 Å². The van der Waals surface area contributed by atoms with Crippen molar-refractivity contribution >= 4 is 27.5 Å². The molecule has 0 aliphatic carbocycles. The number of nitrogens with one attached hydrogen (secondary N) is 1. The maximum absolute atomic E-state index is 13.4. The minimum absolute atomic E-state index is 0.0172. The fourth-order valence-corrected chi connectivity index (χ4v) is 4.59. The normalized spacial score (nSPS) is 17.6. The van der Waals surface area contributed by atoms with Crippen molar-refractivity contribution in [2.75, 3.05) is 20.7 Å². The molecule has 1 unspecified atom stereocenters.